The number of hydrogen-bond acceptors (Lipinski definition) is 2. The molecule has 0 spiro atoms. The van der Waals surface area contributed by atoms with E-state index in [1.807, 2.05) is 0 Å². The second-order valence-electron chi connectivity index (χ2n) is 2.76. The molecule has 1 aromatic rings. The predicted molar refractivity (Wildman–Crippen MR) is 42.9 cm³/mol. The molecular formula is C9H6F3NO. The summed E-state index contributed by atoms with van der Waals surface area (Å²) in [6.07, 6.45) is 0.964. The highest BCUT2D eigenvalue weighted by Crippen LogP contribution is 2.29. The zero-order chi connectivity index (χ0) is 10.8. The maximum absolute atomic E-state index is 13.4. The van der Waals surface area contributed by atoms with E-state index in [9.17, 15) is 18.0 Å². The average molecular weight is 201 g/mol. The zero-order valence-electron chi connectivity index (χ0n) is 7.22. The van der Waals surface area contributed by atoms with Crippen molar-refractivity contribution in [1.82, 2.24) is 0 Å². The lowest BCUT2D eigenvalue weighted by Crippen LogP contribution is -2.14. The van der Waals surface area contributed by atoms with Gasteiger partial charge in [0.2, 0.25) is 11.9 Å². The van der Waals surface area contributed by atoms with Crippen LogP contribution in [0.1, 0.15) is 12.5 Å². The number of isocyanates is 1. The Hall–Kier alpha value is -1.61. The normalized spacial score (nSPS) is 14.3. The smallest absolute Gasteiger partial charge is 0.212 e. The van der Waals surface area contributed by atoms with Crippen molar-refractivity contribution < 1.29 is 18.0 Å². The van der Waals surface area contributed by atoms with Gasteiger partial charge in [0.05, 0.1) is 5.56 Å². The molecule has 2 nitrogen and oxygen atoms in total. The van der Waals surface area contributed by atoms with Crippen LogP contribution in [0.25, 0.3) is 0 Å². The molecule has 0 aromatic heterocycles. The van der Waals surface area contributed by atoms with Gasteiger partial charge in [0.1, 0.15) is 0 Å². The lowest BCUT2D eigenvalue weighted by atomic mass is 10.1. The summed E-state index contributed by atoms with van der Waals surface area (Å²) in [5.41, 5.74) is -0.624. The molecule has 74 valence electrons. The summed E-state index contributed by atoms with van der Waals surface area (Å²) in [5, 5.41) is 0. The Bertz CT molecular complexity index is 397. The molecule has 14 heavy (non-hydrogen) atoms. The van der Waals surface area contributed by atoms with Crippen LogP contribution < -0.4 is 0 Å². The third kappa shape index (κ3) is 1.83. The molecule has 0 aliphatic carbocycles. The van der Waals surface area contributed by atoms with Gasteiger partial charge in [0.25, 0.3) is 0 Å². The molecule has 0 aliphatic rings. The first-order valence-electron chi connectivity index (χ1n) is 3.71. The molecule has 0 radical (unpaired) electrons. The summed E-state index contributed by atoms with van der Waals surface area (Å²) in [6, 6.07) is 2.99. The molecular weight excluding hydrogens is 195 g/mol. The molecule has 0 heterocycles. The molecule has 0 N–H and O–H groups in total. The molecule has 1 atom stereocenters. The fourth-order valence-electron chi connectivity index (χ4n) is 1.00. The van der Waals surface area contributed by atoms with Gasteiger partial charge in [-0.05, 0) is 13.0 Å². The van der Waals surface area contributed by atoms with Crippen LogP contribution >= 0.6 is 0 Å². The third-order valence-corrected chi connectivity index (χ3v) is 1.70. The van der Waals surface area contributed by atoms with Crippen molar-refractivity contribution in [3.05, 3.63) is 35.4 Å². The monoisotopic (exact) mass is 201 g/mol. The average Bonchev–Trinajstić information content (AvgIpc) is 2.09. The third-order valence-electron chi connectivity index (χ3n) is 1.70. The number of alkyl halides is 1. The van der Waals surface area contributed by atoms with Crippen LogP contribution in [0.15, 0.2) is 23.2 Å². The Morgan fingerprint density at radius 2 is 2.07 bits per heavy atom. The molecule has 0 bridgehead atoms. The summed E-state index contributed by atoms with van der Waals surface area (Å²) in [7, 11) is 0. The van der Waals surface area contributed by atoms with Gasteiger partial charge in [0.15, 0.2) is 11.6 Å². The van der Waals surface area contributed by atoms with Crippen LogP contribution in [0, 0.1) is 11.6 Å². The van der Waals surface area contributed by atoms with E-state index < -0.39 is 23.0 Å². The Balaban J connectivity index is 3.32. The quantitative estimate of drug-likeness (QED) is 0.410. The molecule has 0 fully saturated rings. The fraction of sp³-hybridized carbons (Fsp3) is 0.222. The van der Waals surface area contributed by atoms with Crippen molar-refractivity contribution in [2.75, 3.05) is 0 Å². The number of rotatable bonds is 2. The summed E-state index contributed by atoms with van der Waals surface area (Å²) >= 11 is 0. The molecule has 0 saturated heterocycles. The topological polar surface area (TPSA) is 29.4 Å². The minimum absolute atomic E-state index is 0.624. The fourth-order valence-corrected chi connectivity index (χ4v) is 1.00. The minimum atomic E-state index is -2.59. The molecule has 1 aromatic carbocycles. The molecule has 1 rings (SSSR count). The van der Waals surface area contributed by atoms with Gasteiger partial charge in [0, 0.05) is 0 Å². The van der Waals surface area contributed by atoms with E-state index in [1.165, 1.54) is 0 Å². The highest BCUT2D eigenvalue weighted by atomic mass is 19.2. The molecule has 5 heteroatoms. The highest BCUT2D eigenvalue weighted by Gasteiger charge is 2.29. The Kier molecular flexibility index (Phi) is 2.72. The van der Waals surface area contributed by atoms with Crippen LogP contribution in [0.4, 0.5) is 13.2 Å². The van der Waals surface area contributed by atoms with Gasteiger partial charge in [-0.2, -0.15) is 4.99 Å². The number of carbonyl (C=O) groups excluding carboxylic acids is 1. The van der Waals surface area contributed by atoms with Gasteiger partial charge in [-0.3, -0.25) is 0 Å². The zero-order valence-corrected chi connectivity index (χ0v) is 7.22. The molecule has 0 saturated carbocycles. The van der Waals surface area contributed by atoms with E-state index in [2.05, 4.69) is 4.99 Å². The first-order chi connectivity index (χ1) is 6.49. The van der Waals surface area contributed by atoms with E-state index in [0.717, 1.165) is 31.2 Å². The first-order valence-corrected chi connectivity index (χ1v) is 3.71. The summed E-state index contributed by atoms with van der Waals surface area (Å²) < 4.78 is 39.1. The Morgan fingerprint density at radius 3 is 2.64 bits per heavy atom. The Morgan fingerprint density at radius 1 is 1.43 bits per heavy atom. The second-order valence-corrected chi connectivity index (χ2v) is 2.76. The van der Waals surface area contributed by atoms with Gasteiger partial charge in [-0.15, -0.1) is 0 Å². The number of halogens is 3. The van der Waals surface area contributed by atoms with Gasteiger partial charge < -0.3 is 0 Å². The number of benzene rings is 1. The van der Waals surface area contributed by atoms with Crippen molar-refractivity contribution in [3.63, 3.8) is 0 Å². The molecule has 0 amide bonds. The first kappa shape index (κ1) is 10.5. The van der Waals surface area contributed by atoms with Crippen molar-refractivity contribution in [3.8, 4) is 0 Å². The SMILES string of the molecule is CC(F)(N=C=O)c1cccc(F)c1F. The molecule has 1 unspecified atom stereocenters. The van der Waals surface area contributed by atoms with Crippen LogP contribution in [0.3, 0.4) is 0 Å². The van der Waals surface area contributed by atoms with Crippen molar-refractivity contribution in [2.24, 2.45) is 4.99 Å². The van der Waals surface area contributed by atoms with Crippen molar-refractivity contribution >= 4 is 6.08 Å². The van der Waals surface area contributed by atoms with Crippen LogP contribution in [0.2, 0.25) is 0 Å². The predicted octanol–water partition coefficient (Wildman–Crippen LogP) is 2.44. The van der Waals surface area contributed by atoms with Crippen molar-refractivity contribution in [1.29, 1.82) is 0 Å². The van der Waals surface area contributed by atoms with E-state index in [0.29, 0.717) is 0 Å². The summed E-state index contributed by atoms with van der Waals surface area (Å²) in [6.45, 7) is 0.843. The number of hydrogen-bond donors (Lipinski definition) is 0. The van der Waals surface area contributed by atoms with Crippen molar-refractivity contribution in [2.45, 2.75) is 12.7 Å². The summed E-state index contributed by atoms with van der Waals surface area (Å²) in [5.74, 6) is -5.13. The number of nitrogens with zero attached hydrogens (tertiary/aromatic N) is 1. The Labute approximate surface area is 78.1 Å². The van der Waals surface area contributed by atoms with Crippen LogP contribution in [0.5, 0.6) is 0 Å². The largest absolute Gasteiger partial charge is 0.238 e. The standard InChI is InChI=1S/C9H6F3NO/c1-9(12,13-5-14)6-3-2-4-7(10)8(6)11/h2-4H,1H3. The lowest BCUT2D eigenvalue weighted by molar-refractivity contribution is 0.196. The minimum Gasteiger partial charge on any atom is -0.212 e. The second kappa shape index (κ2) is 3.64. The van der Waals surface area contributed by atoms with E-state index in [-0.39, 0.29) is 0 Å². The van der Waals surface area contributed by atoms with E-state index in [4.69, 9.17) is 0 Å². The maximum Gasteiger partial charge on any atom is 0.238 e. The van der Waals surface area contributed by atoms with Gasteiger partial charge in [-0.1, -0.05) is 12.1 Å². The van der Waals surface area contributed by atoms with Crippen LogP contribution in [-0.4, -0.2) is 6.08 Å². The van der Waals surface area contributed by atoms with Gasteiger partial charge in [-0.25, -0.2) is 18.0 Å². The van der Waals surface area contributed by atoms with Crippen LogP contribution in [-0.2, 0) is 10.6 Å². The number of aliphatic imine (C=N–C) groups is 1. The summed E-state index contributed by atoms with van der Waals surface area (Å²) in [4.78, 5) is 12.6. The lowest BCUT2D eigenvalue weighted by Gasteiger charge is -2.14. The van der Waals surface area contributed by atoms with Gasteiger partial charge >= 0.3 is 0 Å². The molecule has 0 aliphatic heterocycles. The van der Waals surface area contributed by atoms with E-state index in [1.54, 1.807) is 0 Å². The highest BCUT2D eigenvalue weighted by molar-refractivity contribution is 5.37. The maximum atomic E-state index is 13.4. The van der Waals surface area contributed by atoms with E-state index >= 15 is 0 Å².